The van der Waals surface area contributed by atoms with E-state index in [9.17, 15) is 27.6 Å². The summed E-state index contributed by atoms with van der Waals surface area (Å²) in [6, 6.07) is 4.91. The number of para-hydroxylation sites is 1. The van der Waals surface area contributed by atoms with Crippen molar-refractivity contribution in [1.82, 2.24) is 9.80 Å². The number of sulfone groups is 1. The van der Waals surface area contributed by atoms with E-state index in [1.54, 1.807) is 0 Å². The molecule has 140 valence electrons. The number of carbonyl (C=O) groups excluding carboxylic acids is 4. The van der Waals surface area contributed by atoms with Gasteiger partial charge in [0.2, 0.25) is 5.91 Å². The number of benzene rings is 1. The van der Waals surface area contributed by atoms with Crippen LogP contribution in [-0.2, 0) is 24.2 Å². The molecule has 2 rings (SSSR count). The monoisotopic (exact) mass is 381 g/mol. The maximum Gasteiger partial charge on any atom is 0.334 e. The van der Waals surface area contributed by atoms with Crippen LogP contribution in [0.3, 0.4) is 0 Å². The summed E-state index contributed by atoms with van der Waals surface area (Å²) in [4.78, 5) is 49.4. The van der Waals surface area contributed by atoms with Crippen molar-refractivity contribution < 1.29 is 27.6 Å². The molecule has 0 spiro atoms. The summed E-state index contributed by atoms with van der Waals surface area (Å²) < 4.78 is 23.5. The molecule has 1 aromatic rings. The molecule has 1 aromatic carbocycles. The second-order valence-electron chi connectivity index (χ2n) is 5.80. The lowest BCUT2D eigenvalue weighted by atomic mass is 10.3. The lowest BCUT2D eigenvalue weighted by molar-refractivity contribution is -0.143. The molecular weight excluding hydrogens is 362 g/mol. The van der Waals surface area contributed by atoms with Gasteiger partial charge in [-0.15, -0.1) is 0 Å². The minimum Gasteiger partial charge on any atom is -0.323 e. The van der Waals surface area contributed by atoms with Crippen molar-refractivity contribution in [3.63, 3.8) is 0 Å². The van der Waals surface area contributed by atoms with Gasteiger partial charge in [-0.25, -0.2) is 18.1 Å². The topological polar surface area (TPSA) is 121 Å². The third kappa shape index (κ3) is 4.07. The van der Waals surface area contributed by atoms with Crippen molar-refractivity contribution in [3.8, 4) is 0 Å². The minimum atomic E-state index is -3.58. The van der Waals surface area contributed by atoms with Gasteiger partial charge in [0.05, 0.1) is 10.6 Å². The molecule has 1 saturated heterocycles. The highest BCUT2D eigenvalue weighted by Crippen LogP contribution is 2.21. The fraction of sp³-hybridized carbons (Fsp3) is 0.375. The Kier molecular flexibility index (Phi) is 5.76. The normalized spacial score (nSPS) is 14.9. The lowest BCUT2D eigenvalue weighted by Gasteiger charge is -2.15. The summed E-state index contributed by atoms with van der Waals surface area (Å²) in [7, 11) is -3.58. The molecule has 9 nitrogen and oxygen atoms in total. The molecule has 26 heavy (non-hydrogen) atoms. The standard InChI is InChI=1S/C16H19N3O6S/c1-3-4-9-18-14(21)15(22)19(16(18)23)10-13(20)17-11-7-5-6-8-12(11)26(2,24)25/h5-8H,3-4,9-10H2,1-2H3,(H,17,20). The van der Waals surface area contributed by atoms with Crippen LogP contribution in [0.1, 0.15) is 19.8 Å². The fourth-order valence-corrected chi connectivity index (χ4v) is 3.27. The Balaban J connectivity index is 2.13. The molecule has 1 heterocycles. The van der Waals surface area contributed by atoms with Crippen LogP contribution in [0.25, 0.3) is 0 Å². The van der Waals surface area contributed by atoms with Gasteiger partial charge in [0.1, 0.15) is 6.54 Å². The number of hydrogen-bond donors (Lipinski definition) is 1. The van der Waals surface area contributed by atoms with Crippen molar-refractivity contribution >= 4 is 39.3 Å². The Hall–Kier alpha value is -2.75. The number of unbranched alkanes of at least 4 members (excludes halogenated alkanes) is 1. The number of rotatable bonds is 7. The first-order valence-electron chi connectivity index (χ1n) is 7.93. The Morgan fingerprint density at radius 3 is 2.31 bits per heavy atom. The Morgan fingerprint density at radius 1 is 1.08 bits per heavy atom. The molecular formula is C16H19N3O6S. The average molecular weight is 381 g/mol. The quantitative estimate of drug-likeness (QED) is 0.546. The first-order valence-corrected chi connectivity index (χ1v) is 9.82. The molecule has 10 heteroatoms. The summed E-state index contributed by atoms with van der Waals surface area (Å²) in [5.41, 5.74) is 0.0354. The highest BCUT2D eigenvalue weighted by atomic mass is 32.2. The van der Waals surface area contributed by atoms with E-state index < -0.39 is 40.1 Å². The van der Waals surface area contributed by atoms with E-state index in [1.165, 1.54) is 24.3 Å². The smallest absolute Gasteiger partial charge is 0.323 e. The number of imide groups is 2. The van der Waals surface area contributed by atoms with Gasteiger partial charge in [0.15, 0.2) is 9.84 Å². The van der Waals surface area contributed by atoms with Gasteiger partial charge in [-0.3, -0.25) is 19.3 Å². The second-order valence-corrected chi connectivity index (χ2v) is 7.78. The summed E-state index contributed by atoms with van der Waals surface area (Å²) in [6.45, 7) is 1.30. The highest BCUT2D eigenvalue weighted by molar-refractivity contribution is 7.90. The van der Waals surface area contributed by atoms with E-state index in [-0.39, 0.29) is 17.1 Å². The number of anilines is 1. The third-order valence-electron chi connectivity index (χ3n) is 3.73. The summed E-state index contributed by atoms with van der Waals surface area (Å²) >= 11 is 0. The van der Waals surface area contributed by atoms with Gasteiger partial charge in [0, 0.05) is 12.8 Å². The lowest BCUT2D eigenvalue weighted by Crippen LogP contribution is -2.39. The van der Waals surface area contributed by atoms with E-state index in [0.717, 1.165) is 17.6 Å². The number of amides is 5. The van der Waals surface area contributed by atoms with Crippen LogP contribution in [0.2, 0.25) is 0 Å². The van der Waals surface area contributed by atoms with Gasteiger partial charge in [0.25, 0.3) is 0 Å². The predicted octanol–water partition coefficient (Wildman–Crippen LogP) is 0.620. The molecule has 5 amide bonds. The molecule has 0 aromatic heterocycles. The molecule has 1 aliphatic heterocycles. The zero-order valence-corrected chi connectivity index (χ0v) is 15.2. The van der Waals surface area contributed by atoms with Crippen LogP contribution in [0.15, 0.2) is 29.2 Å². The zero-order chi connectivity index (χ0) is 19.5. The van der Waals surface area contributed by atoms with Crippen molar-refractivity contribution in [1.29, 1.82) is 0 Å². The largest absolute Gasteiger partial charge is 0.334 e. The Bertz CT molecular complexity index is 864. The summed E-state index contributed by atoms with van der Waals surface area (Å²) in [6.07, 6.45) is 2.27. The number of carbonyl (C=O) groups is 4. The van der Waals surface area contributed by atoms with E-state index >= 15 is 0 Å². The van der Waals surface area contributed by atoms with Crippen molar-refractivity contribution in [2.45, 2.75) is 24.7 Å². The Labute approximate surface area is 150 Å². The number of nitrogens with one attached hydrogen (secondary N) is 1. The molecule has 0 atom stereocenters. The Morgan fingerprint density at radius 2 is 1.69 bits per heavy atom. The van der Waals surface area contributed by atoms with Gasteiger partial charge < -0.3 is 5.32 Å². The van der Waals surface area contributed by atoms with Crippen molar-refractivity contribution in [3.05, 3.63) is 24.3 Å². The minimum absolute atomic E-state index is 0.0354. The maximum absolute atomic E-state index is 12.2. The van der Waals surface area contributed by atoms with Crippen LogP contribution >= 0.6 is 0 Å². The van der Waals surface area contributed by atoms with E-state index in [2.05, 4.69) is 5.32 Å². The molecule has 0 saturated carbocycles. The molecule has 1 fully saturated rings. The van der Waals surface area contributed by atoms with E-state index in [1.807, 2.05) is 6.92 Å². The fourth-order valence-electron chi connectivity index (χ4n) is 2.43. The van der Waals surface area contributed by atoms with E-state index in [0.29, 0.717) is 11.3 Å². The maximum atomic E-state index is 12.2. The van der Waals surface area contributed by atoms with Crippen LogP contribution in [0.4, 0.5) is 10.5 Å². The predicted molar refractivity (Wildman–Crippen MR) is 91.9 cm³/mol. The van der Waals surface area contributed by atoms with Crippen molar-refractivity contribution in [2.24, 2.45) is 0 Å². The van der Waals surface area contributed by atoms with Crippen molar-refractivity contribution in [2.75, 3.05) is 24.7 Å². The molecule has 0 radical (unpaired) electrons. The van der Waals surface area contributed by atoms with Crippen LogP contribution in [0.5, 0.6) is 0 Å². The van der Waals surface area contributed by atoms with Gasteiger partial charge in [-0.2, -0.15) is 0 Å². The molecule has 0 unspecified atom stereocenters. The van der Waals surface area contributed by atoms with Crippen LogP contribution in [0, 0.1) is 0 Å². The number of hydrogen-bond acceptors (Lipinski definition) is 6. The van der Waals surface area contributed by atoms with Crippen LogP contribution < -0.4 is 5.32 Å². The molecule has 0 bridgehead atoms. The summed E-state index contributed by atoms with van der Waals surface area (Å²) in [5.74, 6) is -2.82. The average Bonchev–Trinajstić information content (AvgIpc) is 2.76. The summed E-state index contributed by atoms with van der Waals surface area (Å²) in [5, 5.41) is 2.36. The molecule has 0 aliphatic carbocycles. The highest BCUT2D eigenvalue weighted by Gasteiger charge is 2.44. The zero-order valence-electron chi connectivity index (χ0n) is 14.4. The molecule has 1 aliphatic rings. The van der Waals surface area contributed by atoms with Gasteiger partial charge >= 0.3 is 17.8 Å². The van der Waals surface area contributed by atoms with Gasteiger partial charge in [-0.05, 0) is 18.6 Å². The first kappa shape index (κ1) is 19.6. The van der Waals surface area contributed by atoms with E-state index in [4.69, 9.17) is 0 Å². The van der Waals surface area contributed by atoms with Gasteiger partial charge in [-0.1, -0.05) is 25.5 Å². The number of urea groups is 1. The van der Waals surface area contributed by atoms with Crippen LogP contribution in [-0.4, -0.2) is 61.3 Å². The first-order chi connectivity index (χ1) is 12.2. The third-order valence-corrected chi connectivity index (χ3v) is 4.89. The molecule has 1 N–H and O–H groups in total. The number of nitrogens with zero attached hydrogens (tertiary/aromatic N) is 2. The second kappa shape index (κ2) is 7.65. The SMILES string of the molecule is CCCCN1C(=O)C(=O)N(CC(=O)Nc2ccccc2S(C)(=O)=O)C1=O.